The normalized spacial score (nSPS) is 11.7. The molecule has 0 aliphatic carbocycles. The van der Waals surface area contributed by atoms with Gasteiger partial charge in [0.05, 0.1) is 16.7 Å². The van der Waals surface area contributed by atoms with Crippen LogP contribution in [-0.4, -0.2) is 11.1 Å². The second kappa shape index (κ2) is 10.4. The van der Waals surface area contributed by atoms with Crippen molar-refractivity contribution in [3.8, 4) is 5.75 Å². The molecule has 4 aromatic carbocycles. The van der Waals surface area contributed by atoms with Crippen molar-refractivity contribution >= 4 is 51.6 Å². The van der Waals surface area contributed by atoms with Gasteiger partial charge in [0, 0.05) is 27.2 Å². The molecule has 0 bridgehead atoms. The fourth-order valence-corrected chi connectivity index (χ4v) is 3.91. The SMILES string of the molecule is O=[N+]([O-])c1cc(C(F)(F)F)ccc1N/N=C\c1c(OCc2ccc(Cl)cc2Cl)ccc2ccccc12. The Morgan fingerprint density at radius 3 is 2.53 bits per heavy atom. The molecule has 0 heterocycles. The number of hydrogen-bond acceptors (Lipinski definition) is 5. The Labute approximate surface area is 213 Å². The summed E-state index contributed by atoms with van der Waals surface area (Å²) in [5, 5.41) is 18.0. The minimum Gasteiger partial charge on any atom is -0.488 e. The van der Waals surface area contributed by atoms with Crippen LogP contribution in [0.5, 0.6) is 5.75 Å². The maximum atomic E-state index is 13.0. The molecule has 0 saturated carbocycles. The van der Waals surface area contributed by atoms with Crippen molar-refractivity contribution < 1.29 is 22.8 Å². The zero-order valence-electron chi connectivity index (χ0n) is 18.2. The van der Waals surface area contributed by atoms with Gasteiger partial charge in [-0.15, -0.1) is 0 Å². The van der Waals surface area contributed by atoms with E-state index in [1.807, 2.05) is 30.3 Å². The minimum absolute atomic E-state index is 0.132. The molecule has 184 valence electrons. The van der Waals surface area contributed by atoms with E-state index in [-0.39, 0.29) is 12.3 Å². The van der Waals surface area contributed by atoms with Crippen LogP contribution in [0.25, 0.3) is 10.8 Å². The lowest BCUT2D eigenvalue weighted by Crippen LogP contribution is -2.07. The molecule has 0 aromatic heterocycles. The van der Waals surface area contributed by atoms with E-state index in [2.05, 4.69) is 10.5 Å². The van der Waals surface area contributed by atoms with E-state index in [4.69, 9.17) is 27.9 Å². The van der Waals surface area contributed by atoms with Crippen LogP contribution in [0.3, 0.4) is 0 Å². The summed E-state index contributed by atoms with van der Waals surface area (Å²) in [7, 11) is 0. The van der Waals surface area contributed by atoms with Crippen molar-refractivity contribution in [1.82, 2.24) is 0 Å². The van der Waals surface area contributed by atoms with Gasteiger partial charge in [0.25, 0.3) is 5.69 Å². The number of nitro groups is 1. The molecule has 1 N–H and O–H groups in total. The highest BCUT2D eigenvalue weighted by atomic mass is 35.5. The molecule has 6 nitrogen and oxygen atoms in total. The predicted molar refractivity (Wildman–Crippen MR) is 134 cm³/mol. The summed E-state index contributed by atoms with van der Waals surface area (Å²) in [5.74, 6) is 0.451. The number of alkyl halides is 3. The molecular weight excluding hydrogens is 518 g/mol. The summed E-state index contributed by atoms with van der Waals surface area (Å²) in [5.41, 5.74) is 1.65. The van der Waals surface area contributed by atoms with Crippen LogP contribution in [0.1, 0.15) is 16.7 Å². The third-order valence-corrected chi connectivity index (χ3v) is 5.82. The molecule has 0 radical (unpaired) electrons. The number of ether oxygens (including phenoxy) is 1. The smallest absolute Gasteiger partial charge is 0.416 e. The Kier molecular flexibility index (Phi) is 7.32. The molecule has 4 rings (SSSR count). The first-order valence-corrected chi connectivity index (χ1v) is 11.1. The zero-order chi connectivity index (χ0) is 25.9. The van der Waals surface area contributed by atoms with Gasteiger partial charge in [-0.3, -0.25) is 15.5 Å². The van der Waals surface area contributed by atoms with Crippen molar-refractivity contribution in [1.29, 1.82) is 0 Å². The second-order valence-electron chi connectivity index (χ2n) is 7.58. The molecule has 0 fully saturated rings. The number of halogens is 5. The van der Waals surface area contributed by atoms with E-state index in [9.17, 15) is 23.3 Å². The summed E-state index contributed by atoms with van der Waals surface area (Å²) < 4.78 is 44.9. The van der Waals surface area contributed by atoms with E-state index in [0.717, 1.165) is 22.9 Å². The van der Waals surface area contributed by atoms with E-state index in [1.165, 1.54) is 6.21 Å². The molecule has 0 aliphatic rings. The molecule has 0 spiro atoms. The molecule has 0 atom stereocenters. The number of nitro benzene ring substituents is 1. The molecule has 0 unspecified atom stereocenters. The lowest BCUT2D eigenvalue weighted by atomic mass is 10.0. The van der Waals surface area contributed by atoms with Crippen LogP contribution in [-0.2, 0) is 12.8 Å². The van der Waals surface area contributed by atoms with E-state index in [1.54, 1.807) is 24.3 Å². The number of hydrazone groups is 1. The van der Waals surface area contributed by atoms with Crippen molar-refractivity contribution in [2.24, 2.45) is 5.10 Å². The highest BCUT2D eigenvalue weighted by Gasteiger charge is 2.33. The van der Waals surface area contributed by atoms with Gasteiger partial charge in [-0.25, -0.2) is 0 Å². The Balaban J connectivity index is 1.65. The maximum Gasteiger partial charge on any atom is 0.416 e. The van der Waals surface area contributed by atoms with Crippen LogP contribution in [0.2, 0.25) is 10.0 Å². The second-order valence-corrected chi connectivity index (χ2v) is 8.42. The number of anilines is 1. The Morgan fingerprint density at radius 1 is 1.03 bits per heavy atom. The third-order valence-electron chi connectivity index (χ3n) is 5.23. The van der Waals surface area contributed by atoms with Crippen molar-refractivity contribution in [2.45, 2.75) is 12.8 Å². The Hall–Kier alpha value is -3.82. The van der Waals surface area contributed by atoms with E-state index >= 15 is 0 Å². The number of nitrogens with zero attached hydrogens (tertiary/aromatic N) is 2. The fraction of sp³-hybridized carbons (Fsp3) is 0.0800. The zero-order valence-corrected chi connectivity index (χ0v) is 19.7. The van der Waals surface area contributed by atoms with E-state index < -0.39 is 22.4 Å². The highest BCUT2D eigenvalue weighted by molar-refractivity contribution is 6.35. The number of nitrogens with one attached hydrogen (secondary N) is 1. The Morgan fingerprint density at radius 2 is 1.81 bits per heavy atom. The average Bonchev–Trinajstić information content (AvgIpc) is 2.83. The van der Waals surface area contributed by atoms with Gasteiger partial charge in [-0.05, 0) is 41.1 Å². The molecule has 0 saturated heterocycles. The number of fused-ring (bicyclic) bond motifs is 1. The summed E-state index contributed by atoms with van der Waals surface area (Å²) in [6, 6.07) is 18.2. The standard InChI is InChI=1S/C25H16Cl2F3N3O3/c26-18-8-5-16(21(27)12-18)14-36-24-10-6-15-3-1-2-4-19(15)20(24)13-31-32-22-9-7-17(25(28,29)30)11-23(22)33(34)35/h1-13,32H,14H2/b31-13-. The molecule has 0 aliphatic heterocycles. The van der Waals surface area contributed by atoms with Crippen LogP contribution >= 0.6 is 23.2 Å². The molecule has 11 heteroatoms. The maximum absolute atomic E-state index is 13.0. The van der Waals surface area contributed by atoms with Gasteiger partial charge >= 0.3 is 6.18 Å². The van der Waals surface area contributed by atoms with E-state index in [0.29, 0.717) is 33.0 Å². The summed E-state index contributed by atoms with van der Waals surface area (Å²) >= 11 is 12.2. The molecule has 0 amide bonds. The lowest BCUT2D eigenvalue weighted by Gasteiger charge is -2.13. The minimum atomic E-state index is -4.71. The highest BCUT2D eigenvalue weighted by Crippen LogP contribution is 2.35. The van der Waals surface area contributed by atoms with Crippen molar-refractivity contribution in [3.05, 3.63) is 110 Å². The van der Waals surface area contributed by atoms with Crippen molar-refractivity contribution in [3.63, 3.8) is 0 Å². The predicted octanol–water partition coefficient (Wildman–Crippen LogP) is 8.10. The van der Waals surface area contributed by atoms with Crippen molar-refractivity contribution in [2.75, 3.05) is 5.43 Å². The van der Waals surface area contributed by atoms with Gasteiger partial charge in [0.15, 0.2) is 0 Å². The monoisotopic (exact) mass is 533 g/mol. The number of hydrogen-bond donors (Lipinski definition) is 1. The van der Waals surface area contributed by atoms with Crippen LogP contribution in [0, 0.1) is 10.1 Å². The lowest BCUT2D eigenvalue weighted by molar-refractivity contribution is -0.384. The fourth-order valence-electron chi connectivity index (χ4n) is 3.45. The average molecular weight is 534 g/mol. The Bertz CT molecular complexity index is 1480. The topological polar surface area (TPSA) is 76.8 Å². The van der Waals surface area contributed by atoms with Gasteiger partial charge in [-0.1, -0.05) is 59.6 Å². The number of benzene rings is 4. The van der Waals surface area contributed by atoms with Crippen LogP contribution in [0.4, 0.5) is 24.5 Å². The van der Waals surface area contributed by atoms with Crippen LogP contribution in [0.15, 0.2) is 77.9 Å². The first kappa shape index (κ1) is 25.3. The van der Waals surface area contributed by atoms with Gasteiger partial charge in [0.2, 0.25) is 0 Å². The summed E-state index contributed by atoms with van der Waals surface area (Å²) in [6.07, 6.45) is -3.32. The number of rotatable bonds is 7. The molecular formula is C25H16Cl2F3N3O3. The summed E-state index contributed by atoms with van der Waals surface area (Å²) in [6.45, 7) is 0.132. The molecule has 36 heavy (non-hydrogen) atoms. The third kappa shape index (κ3) is 5.69. The van der Waals surface area contributed by atoms with Gasteiger partial charge in [-0.2, -0.15) is 18.3 Å². The largest absolute Gasteiger partial charge is 0.488 e. The van der Waals surface area contributed by atoms with Gasteiger partial charge in [0.1, 0.15) is 18.0 Å². The molecule has 4 aromatic rings. The first-order valence-electron chi connectivity index (χ1n) is 10.4. The van der Waals surface area contributed by atoms with Crippen LogP contribution < -0.4 is 10.2 Å². The van der Waals surface area contributed by atoms with Gasteiger partial charge < -0.3 is 4.74 Å². The quantitative estimate of drug-likeness (QED) is 0.148. The summed E-state index contributed by atoms with van der Waals surface area (Å²) in [4.78, 5) is 10.4. The first-order chi connectivity index (χ1) is 17.1.